The van der Waals surface area contributed by atoms with E-state index < -0.39 is 0 Å². The molecule has 468 valence electrons. The van der Waals surface area contributed by atoms with Crippen LogP contribution < -0.4 is 0 Å². The van der Waals surface area contributed by atoms with Gasteiger partial charge in [0.15, 0.2) is 0 Å². The number of hydrogen-bond acceptors (Lipinski definition) is 0. The Morgan fingerprint density at radius 2 is 0.360 bits per heavy atom. The van der Waals surface area contributed by atoms with Gasteiger partial charge in [-0.05, 0) is 282 Å². The van der Waals surface area contributed by atoms with E-state index in [0.717, 1.165) is 154 Å². The van der Waals surface area contributed by atoms with Crippen molar-refractivity contribution in [2.75, 3.05) is 0 Å². The molecule has 4 heteroatoms. The van der Waals surface area contributed by atoms with Crippen molar-refractivity contribution in [3.05, 3.63) is 363 Å². The van der Waals surface area contributed by atoms with Crippen LogP contribution in [-0.4, -0.2) is 0 Å². The van der Waals surface area contributed by atoms with E-state index in [9.17, 15) is 17.6 Å². The van der Waals surface area contributed by atoms with Crippen molar-refractivity contribution in [3.63, 3.8) is 0 Å². The van der Waals surface area contributed by atoms with E-state index >= 15 is 0 Å². The Hall–Kier alpha value is -12.8. The molecule has 0 bridgehead atoms. The summed E-state index contributed by atoms with van der Waals surface area (Å²) in [5.74, 6) is -1.04. The molecular formula is C96H56F4. The third-order valence-electron chi connectivity index (χ3n) is 20.7. The van der Waals surface area contributed by atoms with Gasteiger partial charge in [-0.15, -0.1) is 0 Å². The summed E-state index contributed by atoms with van der Waals surface area (Å²) in [6, 6.07) is 114. The van der Waals surface area contributed by atoms with Crippen LogP contribution in [0, 0.1) is 23.3 Å². The highest BCUT2D eigenvalue weighted by atomic mass is 19.1. The van der Waals surface area contributed by atoms with E-state index in [2.05, 4.69) is 243 Å². The first-order chi connectivity index (χ1) is 49.2. The molecule has 0 radical (unpaired) electrons. The second-order valence-electron chi connectivity index (χ2n) is 26.2. The van der Waals surface area contributed by atoms with Crippen LogP contribution in [0.2, 0.25) is 0 Å². The van der Waals surface area contributed by atoms with Crippen molar-refractivity contribution in [3.8, 4) is 89.0 Å². The van der Waals surface area contributed by atoms with Crippen molar-refractivity contribution in [2.45, 2.75) is 0 Å². The maximum atomic E-state index is 14.3. The average Bonchev–Trinajstić information content (AvgIpc) is 0.712. The van der Waals surface area contributed by atoms with E-state index in [1.807, 2.05) is 48.5 Å². The standard InChI is InChI=1S/2C48H28F2/c49-33-19-15-31(16-20-33)43-27-45(37-13-5-9-29-7-1-3-11-35(29)37)41-25-23-40-44(32-17-21-34(50)22-18-32)28-46(42-26-24-39(43)47(41)48(40)42)38-14-6-10-30-8-2-4-12-36(30)38;49-37-17-13-31(14-18-37)43-27-45(35-11-9-29-5-1-3-7-33(29)25-35)41-23-21-40-44(32-15-19-38(50)20-16-32)28-46(42-24-22-39(43)47(41)48(40)42)36-12-10-30-6-2-4-8-34(30)26-36/h2*1-28H. The third-order valence-corrected chi connectivity index (χ3v) is 20.7. The Kier molecular flexibility index (Phi) is 13.8. The lowest BCUT2D eigenvalue weighted by molar-refractivity contribution is 0.627. The van der Waals surface area contributed by atoms with E-state index in [-0.39, 0.29) is 23.3 Å². The Labute approximate surface area is 573 Å². The molecule has 0 spiro atoms. The molecule has 20 aromatic carbocycles. The first-order valence-electron chi connectivity index (χ1n) is 33.8. The Morgan fingerprint density at radius 1 is 0.130 bits per heavy atom. The maximum Gasteiger partial charge on any atom is 0.123 e. The highest BCUT2D eigenvalue weighted by Crippen LogP contribution is 2.52. The first kappa shape index (κ1) is 58.6. The first-order valence-corrected chi connectivity index (χ1v) is 33.8. The zero-order valence-corrected chi connectivity index (χ0v) is 53.8. The summed E-state index contributed by atoms with van der Waals surface area (Å²) >= 11 is 0. The summed E-state index contributed by atoms with van der Waals surface area (Å²) < 4.78 is 57.1. The minimum atomic E-state index is -0.260. The smallest absolute Gasteiger partial charge is 0.123 e. The number of rotatable bonds is 8. The van der Waals surface area contributed by atoms with Gasteiger partial charge in [0.05, 0.1) is 0 Å². The highest BCUT2D eigenvalue weighted by Gasteiger charge is 2.25. The summed E-state index contributed by atoms with van der Waals surface area (Å²) in [6.45, 7) is 0. The van der Waals surface area contributed by atoms with Gasteiger partial charge < -0.3 is 0 Å². The minimum absolute atomic E-state index is 0.259. The van der Waals surface area contributed by atoms with Gasteiger partial charge in [0.1, 0.15) is 23.3 Å². The molecule has 0 heterocycles. The molecule has 0 saturated carbocycles. The molecule has 0 saturated heterocycles. The molecule has 0 aliphatic carbocycles. The van der Waals surface area contributed by atoms with Crippen LogP contribution in [0.4, 0.5) is 17.6 Å². The maximum absolute atomic E-state index is 14.3. The topological polar surface area (TPSA) is 0 Å². The van der Waals surface area contributed by atoms with Crippen molar-refractivity contribution >= 4 is 108 Å². The lowest BCUT2D eigenvalue weighted by atomic mass is 9.81. The second kappa shape index (κ2) is 23.5. The van der Waals surface area contributed by atoms with E-state index in [1.165, 1.54) is 91.6 Å². The Morgan fingerprint density at radius 3 is 0.670 bits per heavy atom. The summed E-state index contributed by atoms with van der Waals surface area (Å²) in [6.07, 6.45) is 0. The number of halogens is 4. The summed E-state index contributed by atoms with van der Waals surface area (Å²) in [5, 5.41) is 23.1. The van der Waals surface area contributed by atoms with Gasteiger partial charge in [-0.25, -0.2) is 17.6 Å². The lowest BCUT2D eigenvalue weighted by Gasteiger charge is -2.22. The zero-order chi connectivity index (χ0) is 66.7. The largest absolute Gasteiger partial charge is 0.207 e. The molecule has 0 N–H and O–H groups in total. The van der Waals surface area contributed by atoms with Gasteiger partial charge in [-0.2, -0.15) is 0 Å². The fraction of sp³-hybridized carbons (Fsp3) is 0. The SMILES string of the molecule is Fc1ccc(-c2cc(-c3ccc4ccccc4c3)c3ccc4c(-c5ccc(F)cc5)cc(-c5ccc6ccccc6c5)c5ccc2c3c45)cc1.Fc1ccc(-c2cc(-c3cccc4ccccc34)c3ccc4c(-c5ccc(F)cc5)cc(-c5cccc6ccccc56)c5ccc2c3c45)cc1. The van der Waals surface area contributed by atoms with Crippen LogP contribution in [-0.2, 0) is 0 Å². The molecule has 0 aromatic heterocycles. The monoisotopic (exact) mass is 1280 g/mol. The third kappa shape index (κ3) is 9.74. The molecule has 0 atom stereocenters. The lowest BCUT2D eigenvalue weighted by Crippen LogP contribution is -1.95. The Balaban J connectivity index is 0.000000139. The van der Waals surface area contributed by atoms with E-state index in [4.69, 9.17) is 0 Å². The normalized spacial score (nSPS) is 11.8. The van der Waals surface area contributed by atoms with Crippen LogP contribution in [0.5, 0.6) is 0 Å². The van der Waals surface area contributed by atoms with Crippen molar-refractivity contribution in [2.24, 2.45) is 0 Å². The molecule has 0 aliphatic heterocycles. The molecule has 0 nitrogen and oxygen atoms in total. The number of hydrogen-bond donors (Lipinski definition) is 0. The second-order valence-corrected chi connectivity index (χ2v) is 26.2. The van der Waals surface area contributed by atoms with Crippen molar-refractivity contribution in [1.29, 1.82) is 0 Å². The van der Waals surface area contributed by atoms with Gasteiger partial charge in [-0.1, -0.05) is 255 Å². The van der Waals surface area contributed by atoms with Gasteiger partial charge >= 0.3 is 0 Å². The molecule has 20 rings (SSSR count). The average molecular weight is 1290 g/mol. The minimum Gasteiger partial charge on any atom is -0.207 e. The molecule has 0 aliphatic rings. The predicted octanol–water partition coefficient (Wildman–Crippen LogP) is 27.7. The van der Waals surface area contributed by atoms with Crippen LogP contribution in [0.1, 0.15) is 0 Å². The Bertz CT molecular complexity index is 6230. The highest BCUT2D eigenvalue weighted by molar-refractivity contribution is 6.34. The number of benzene rings is 20. The van der Waals surface area contributed by atoms with Crippen LogP contribution in [0.3, 0.4) is 0 Å². The molecule has 20 aromatic rings. The van der Waals surface area contributed by atoms with E-state index in [1.54, 1.807) is 0 Å². The van der Waals surface area contributed by atoms with Crippen molar-refractivity contribution in [1.82, 2.24) is 0 Å². The molecular weight excluding hydrogens is 1230 g/mol. The van der Waals surface area contributed by atoms with Crippen LogP contribution >= 0.6 is 0 Å². The van der Waals surface area contributed by atoms with Gasteiger partial charge in [0.2, 0.25) is 0 Å². The van der Waals surface area contributed by atoms with Crippen molar-refractivity contribution < 1.29 is 17.6 Å². The van der Waals surface area contributed by atoms with Gasteiger partial charge in [0.25, 0.3) is 0 Å². The fourth-order valence-electron chi connectivity index (χ4n) is 16.0. The number of fused-ring (bicyclic) bond motifs is 4. The summed E-state index contributed by atoms with van der Waals surface area (Å²) in [5.41, 5.74) is 17.1. The summed E-state index contributed by atoms with van der Waals surface area (Å²) in [4.78, 5) is 0. The van der Waals surface area contributed by atoms with Crippen LogP contribution in [0.25, 0.3) is 197 Å². The molecule has 100 heavy (non-hydrogen) atoms. The zero-order valence-electron chi connectivity index (χ0n) is 53.8. The quantitative estimate of drug-likeness (QED) is 0.105. The summed E-state index contributed by atoms with van der Waals surface area (Å²) in [7, 11) is 0. The predicted molar refractivity (Wildman–Crippen MR) is 414 cm³/mol. The van der Waals surface area contributed by atoms with E-state index in [0.29, 0.717) is 0 Å². The van der Waals surface area contributed by atoms with Gasteiger partial charge in [-0.3, -0.25) is 0 Å². The molecule has 0 amide bonds. The van der Waals surface area contributed by atoms with Crippen LogP contribution in [0.15, 0.2) is 340 Å². The fourth-order valence-corrected chi connectivity index (χ4v) is 16.0. The molecule has 0 unspecified atom stereocenters. The van der Waals surface area contributed by atoms with Gasteiger partial charge in [0, 0.05) is 0 Å². The molecule has 0 fully saturated rings.